The number of carbonyl (C=O) groups excluding carboxylic acids is 2. The van der Waals surface area contributed by atoms with Crippen LogP contribution in [0.25, 0.3) is 0 Å². The lowest BCUT2D eigenvalue weighted by Crippen LogP contribution is -2.54. The quantitative estimate of drug-likeness (QED) is 0.731. The van der Waals surface area contributed by atoms with Gasteiger partial charge in [-0.05, 0) is 36.8 Å². The number of piperazine rings is 1. The first kappa shape index (κ1) is 21.3. The maximum Gasteiger partial charge on any atom is 0.241 e. The van der Waals surface area contributed by atoms with Gasteiger partial charge in [-0.25, -0.2) is 0 Å². The van der Waals surface area contributed by atoms with E-state index in [9.17, 15) is 9.59 Å². The number of amides is 2. The molecular weight excluding hydrogens is 388 g/mol. The van der Waals surface area contributed by atoms with Gasteiger partial charge >= 0.3 is 0 Å². The zero-order valence-corrected chi connectivity index (χ0v) is 17.4. The largest absolute Gasteiger partial charge is 0.351 e. The third-order valence-corrected chi connectivity index (χ3v) is 5.40. The number of hydrogen-bond acceptors (Lipinski definition) is 4. The van der Waals surface area contributed by atoms with Gasteiger partial charge in [-0.1, -0.05) is 41.9 Å². The zero-order valence-electron chi connectivity index (χ0n) is 16.6. The summed E-state index contributed by atoms with van der Waals surface area (Å²) in [6, 6.07) is 16.7. The first-order valence-corrected chi connectivity index (χ1v) is 10.2. The van der Waals surface area contributed by atoms with Gasteiger partial charge in [0.15, 0.2) is 0 Å². The Hall–Kier alpha value is -2.41. The van der Waals surface area contributed by atoms with Gasteiger partial charge in [-0.3, -0.25) is 19.4 Å². The van der Waals surface area contributed by atoms with Crippen LogP contribution in [0.1, 0.15) is 12.5 Å². The molecule has 7 heteroatoms. The molecule has 2 amide bonds. The molecule has 0 unspecified atom stereocenters. The first-order chi connectivity index (χ1) is 14.0. The molecule has 2 aromatic rings. The van der Waals surface area contributed by atoms with Crippen molar-refractivity contribution in [2.75, 3.05) is 38.0 Å². The molecule has 1 atom stereocenters. The van der Waals surface area contributed by atoms with Crippen molar-refractivity contribution in [3.63, 3.8) is 0 Å². The molecular formula is C22H27ClN4O2. The monoisotopic (exact) mass is 414 g/mol. The Balaban J connectivity index is 1.39. The number of nitrogens with zero attached hydrogens (tertiary/aromatic N) is 2. The minimum Gasteiger partial charge on any atom is -0.351 e. The molecule has 1 aliphatic heterocycles. The highest BCUT2D eigenvalue weighted by Crippen LogP contribution is 2.15. The summed E-state index contributed by atoms with van der Waals surface area (Å²) in [5.74, 6) is -0.0165. The Morgan fingerprint density at radius 2 is 1.66 bits per heavy atom. The van der Waals surface area contributed by atoms with Crippen LogP contribution in [0, 0.1) is 0 Å². The maximum absolute atomic E-state index is 12.5. The lowest BCUT2D eigenvalue weighted by Gasteiger charge is -2.37. The van der Waals surface area contributed by atoms with Crippen LogP contribution < -0.4 is 10.6 Å². The molecule has 1 saturated heterocycles. The van der Waals surface area contributed by atoms with E-state index in [0.29, 0.717) is 18.1 Å². The summed E-state index contributed by atoms with van der Waals surface area (Å²) in [5.41, 5.74) is 1.83. The first-order valence-electron chi connectivity index (χ1n) is 9.85. The Bertz CT molecular complexity index is 805. The smallest absolute Gasteiger partial charge is 0.241 e. The molecule has 0 aliphatic carbocycles. The van der Waals surface area contributed by atoms with Gasteiger partial charge in [0.2, 0.25) is 11.8 Å². The fourth-order valence-electron chi connectivity index (χ4n) is 3.31. The van der Waals surface area contributed by atoms with E-state index >= 15 is 0 Å². The number of hydrogen-bond donors (Lipinski definition) is 2. The molecule has 154 valence electrons. The van der Waals surface area contributed by atoms with E-state index in [-0.39, 0.29) is 17.9 Å². The van der Waals surface area contributed by atoms with E-state index in [2.05, 4.69) is 20.4 Å². The number of carbonyl (C=O) groups is 2. The highest BCUT2D eigenvalue weighted by atomic mass is 35.5. The molecule has 1 fully saturated rings. The van der Waals surface area contributed by atoms with Gasteiger partial charge in [-0.15, -0.1) is 0 Å². The number of nitrogens with one attached hydrogen (secondary N) is 2. The highest BCUT2D eigenvalue weighted by Gasteiger charge is 2.26. The maximum atomic E-state index is 12.5. The standard InChI is InChI=1S/C22H27ClN4O2/c1-17(22(29)25-20-9-7-19(23)8-10-20)27-13-11-26(12-14-27)16-21(28)24-15-18-5-3-2-4-6-18/h2-10,17H,11-16H2,1H3,(H,24,28)(H,25,29)/t17-/m0/s1. The molecule has 0 spiro atoms. The second kappa shape index (κ2) is 10.4. The summed E-state index contributed by atoms with van der Waals surface area (Å²) in [6.07, 6.45) is 0. The van der Waals surface area contributed by atoms with Crippen LogP contribution in [0.3, 0.4) is 0 Å². The summed E-state index contributed by atoms with van der Waals surface area (Å²) in [5, 5.41) is 6.53. The minimum atomic E-state index is -0.236. The Morgan fingerprint density at radius 3 is 2.31 bits per heavy atom. The Morgan fingerprint density at radius 1 is 1.00 bits per heavy atom. The molecule has 1 aliphatic rings. The second-order valence-corrected chi connectivity index (χ2v) is 7.68. The molecule has 29 heavy (non-hydrogen) atoms. The van der Waals surface area contributed by atoms with Crippen LogP contribution in [0.15, 0.2) is 54.6 Å². The van der Waals surface area contributed by atoms with Crippen LogP contribution in [0.2, 0.25) is 5.02 Å². The van der Waals surface area contributed by atoms with E-state index in [1.54, 1.807) is 24.3 Å². The van der Waals surface area contributed by atoms with E-state index in [0.717, 1.165) is 37.4 Å². The minimum absolute atomic E-state index is 0.0239. The molecule has 0 radical (unpaired) electrons. The fraction of sp³-hybridized carbons (Fsp3) is 0.364. The number of rotatable bonds is 7. The molecule has 2 N–H and O–H groups in total. The summed E-state index contributed by atoms with van der Waals surface area (Å²) >= 11 is 5.88. The zero-order chi connectivity index (χ0) is 20.6. The average molecular weight is 415 g/mol. The number of halogens is 1. The summed E-state index contributed by atoms with van der Waals surface area (Å²) < 4.78 is 0. The predicted octanol–water partition coefficient (Wildman–Crippen LogP) is 2.60. The van der Waals surface area contributed by atoms with Crippen molar-refractivity contribution in [1.82, 2.24) is 15.1 Å². The molecule has 0 saturated carbocycles. The SMILES string of the molecule is C[C@@H](C(=O)Nc1ccc(Cl)cc1)N1CCN(CC(=O)NCc2ccccc2)CC1. The van der Waals surface area contributed by atoms with Gasteiger partial charge in [-0.2, -0.15) is 0 Å². The second-order valence-electron chi connectivity index (χ2n) is 7.25. The highest BCUT2D eigenvalue weighted by molar-refractivity contribution is 6.30. The Kier molecular flexibility index (Phi) is 7.63. The lowest BCUT2D eigenvalue weighted by atomic mass is 10.2. The van der Waals surface area contributed by atoms with Gasteiger partial charge in [0.1, 0.15) is 0 Å². The van der Waals surface area contributed by atoms with Crippen molar-refractivity contribution in [3.8, 4) is 0 Å². The number of benzene rings is 2. The molecule has 3 rings (SSSR count). The fourth-order valence-corrected chi connectivity index (χ4v) is 3.44. The third kappa shape index (κ3) is 6.56. The van der Waals surface area contributed by atoms with Crippen molar-refractivity contribution in [1.29, 1.82) is 0 Å². The topological polar surface area (TPSA) is 64.7 Å². The van der Waals surface area contributed by atoms with Crippen molar-refractivity contribution in [3.05, 3.63) is 65.2 Å². The summed E-state index contributed by atoms with van der Waals surface area (Å²) in [4.78, 5) is 29.0. The van der Waals surface area contributed by atoms with E-state index in [1.807, 2.05) is 37.3 Å². The van der Waals surface area contributed by atoms with Gasteiger partial charge < -0.3 is 10.6 Å². The van der Waals surface area contributed by atoms with Crippen LogP contribution in [-0.2, 0) is 16.1 Å². The van der Waals surface area contributed by atoms with E-state index in [4.69, 9.17) is 11.6 Å². The molecule has 0 bridgehead atoms. The van der Waals surface area contributed by atoms with Gasteiger partial charge in [0, 0.05) is 43.4 Å². The molecule has 0 aromatic heterocycles. The summed E-state index contributed by atoms with van der Waals surface area (Å²) in [7, 11) is 0. The van der Waals surface area contributed by atoms with Crippen LogP contribution in [0.5, 0.6) is 0 Å². The van der Waals surface area contributed by atoms with Crippen LogP contribution in [-0.4, -0.2) is 60.4 Å². The van der Waals surface area contributed by atoms with E-state index < -0.39 is 0 Å². The van der Waals surface area contributed by atoms with Crippen molar-refractivity contribution < 1.29 is 9.59 Å². The molecule has 1 heterocycles. The summed E-state index contributed by atoms with van der Waals surface area (Å²) in [6.45, 7) is 5.86. The van der Waals surface area contributed by atoms with Gasteiger partial charge in [0.25, 0.3) is 0 Å². The normalized spacial score (nSPS) is 16.2. The third-order valence-electron chi connectivity index (χ3n) is 5.15. The van der Waals surface area contributed by atoms with Crippen molar-refractivity contribution >= 4 is 29.1 Å². The lowest BCUT2D eigenvalue weighted by molar-refractivity contribution is -0.124. The predicted molar refractivity (Wildman–Crippen MR) is 116 cm³/mol. The number of anilines is 1. The average Bonchev–Trinajstić information content (AvgIpc) is 2.74. The molecule has 2 aromatic carbocycles. The van der Waals surface area contributed by atoms with E-state index in [1.165, 1.54) is 0 Å². The van der Waals surface area contributed by atoms with Crippen LogP contribution >= 0.6 is 11.6 Å². The Labute approximate surface area is 176 Å². The van der Waals surface area contributed by atoms with Crippen molar-refractivity contribution in [2.24, 2.45) is 0 Å². The van der Waals surface area contributed by atoms with Crippen molar-refractivity contribution in [2.45, 2.75) is 19.5 Å². The van der Waals surface area contributed by atoms with Crippen LogP contribution in [0.4, 0.5) is 5.69 Å². The molecule has 6 nitrogen and oxygen atoms in total. The van der Waals surface area contributed by atoms with Gasteiger partial charge in [0.05, 0.1) is 12.6 Å².